The molecule has 1 aliphatic carbocycles. The summed E-state index contributed by atoms with van der Waals surface area (Å²) in [6.07, 6.45) is 4.10. The highest BCUT2D eigenvalue weighted by Gasteiger charge is 2.27. The third kappa shape index (κ3) is 4.51. The minimum absolute atomic E-state index is 0.241. The molecule has 4 aromatic rings. The molecular weight excluding hydrogens is 444 g/mol. The molecule has 1 aromatic heterocycles. The Bertz CT molecular complexity index is 1330. The van der Waals surface area contributed by atoms with Gasteiger partial charge in [0.15, 0.2) is 0 Å². The molecule has 1 fully saturated rings. The number of carbonyl (C=O) groups excluding carboxylic acids is 1. The van der Waals surface area contributed by atoms with Gasteiger partial charge in [0.25, 0.3) is 0 Å². The fraction of sp³-hybridized carbons (Fsp3) is 0.241. The number of methoxy groups -OCH3 is 1. The van der Waals surface area contributed by atoms with Crippen LogP contribution in [0.25, 0.3) is 33.5 Å². The Morgan fingerprint density at radius 1 is 0.941 bits per heavy atom. The van der Waals surface area contributed by atoms with Crippen molar-refractivity contribution < 1.29 is 9.53 Å². The summed E-state index contributed by atoms with van der Waals surface area (Å²) in [4.78, 5) is 19.8. The number of fused-ring (bicyclic) bond motifs is 1. The molecule has 0 atom stereocenters. The Morgan fingerprint density at radius 3 is 2.21 bits per heavy atom. The third-order valence-corrected chi connectivity index (χ3v) is 7.22. The topological polar surface area (TPSA) is 55.0 Å². The second-order valence-corrected chi connectivity index (χ2v) is 9.45. The number of esters is 1. The molecule has 3 aromatic carbocycles. The normalized spacial score (nSPS) is 18.1. The quantitative estimate of drug-likeness (QED) is 0.242. The van der Waals surface area contributed by atoms with E-state index in [1.54, 1.807) is 0 Å². The lowest BCUT2D eigenvalue weighted by atomic mass is 9.76. The molecule has 34 heavy (non-hydrogen) atoms. The zero-order chi connectivity index (χ0) is 23.7. The van der Waals surface area contributed by atoms with Gasteiger partial charge in [-0.25, -0.2) is 9.78 Å². The first-order valence-corrected chi connectivity index (χ1v) is 12.0. The summed E-state index contributed by atoms with van der Waals surface area (Å²) in [5.41, 5.74) is 7.23. The Kier molecular flexibility index (Phi) is 6.25. The lowest BCUT2D eigenvalue weighted by Crippen LogP contribution is -2.19. The van der Waals surface area contributed by atoms with Crippen molar-refractivity contribution in [1.29, 1.82) is 0 Å². The van der Waals surface area contributed by atoms with Gasteiger partial charge in [0.05, 0.1) is 18.1 Å². The molecule has 172 valence electrons. The van der Waals surface area contributed by atoms with E-state index in [-0.39, 0.29) is 11.9 Å². The van der Waals surface area contributed by atoms with Gasteiger partial charge in [-0.3, -0.25) is 0 Å². The number of nitrogens with one attached hydrogen (secondary N) is 1. The van der Waals surface area contributed by atoms with Gasteiger partial charge >= 0.3 is 5.97 Å². The molecule has 0 spiro atoms. The van der Waals surface area contributed by atoms with Crippen LogP contribution in [-0.4, -0.2) is 23.0 Å². The van der Waals surface area contributed by atoms with Crippen LogP contribution in [0.1, 0.15) is 37.2 Å². The van der Waals surface area contributed by atoms with E-state index in [2.05, 4.69) is 65.1 Å². The minimum Gasteiger partial charge on any atom is -0.466 e. The largest absolute Gasteiger partial charge is 0.466 e. The van der Waals surface area contributed by atoms with E-state index in [9.17, 15) is 4.79 Å². The number of nitrogens with zero attached hydrogens (tertiary/aromatic N) is 1. The number of benzene rings is 3. The van der Waals surface area contributed by atoms with Crippen molar-refractivity contribution in [3.05, 3.63) is 89.5 Å². The van der Waals surface area contributed by atoms with Crippen LogP contribution < -0.4 is 0 Å². The summed E-state index contributed by atoms with van der Waals surface area (Å²) in [6, 6.07) is 23.0. The maximum atomic E-state index is 11.8. The third-order valence-electron chi connectivity index (χ3n) is 6.99. The molecular formula is C29H27ClN2O2. The first-order chi connectivity index (χ1) is 16.5. The fourth-order valence-corrected chi connectivity index (χ4v) is 5.13. The van der Waals surface area contributed by atoms with Gasteiger partial charge in [-0.15, -0.1) is 0 Å². The van der Waals surface area contributed by atoms with E-state index in [1.807, 2.05) is 18.2 Å². The number of carbonyl (C=O) groups is 1. The molecule has 5 rings (SSSR count). The second-order valence-electron chi connectivity index (χ2n) is 9.01. The van der Waals surface area contributed by atoms with Crippen LogP contribution >= 0.6 is 11.6 Å². The number of aromatic amines is 1. The van der Waals surface area contributed by atoms with E-state index < -0.39 is 0 Å². The van der Waals surface area contributed by atoms with Crippen molar-refractivity contribution in [3.63, 3.8) is 0 Å². The average molecular weight is 471 g/mol. The first kappa shape index (κ1) is 22.4. The summed E-state index contributed by atoms with van der Waals surface area (Å²) in [7, 11) is 1.42. The molecule has 4 nitrogen and oxygen atoms in total. The number of hydrogen-bond acceptors (Lipinski definition) is 3. The Balaban J connectivity index is 1.25. The van der Waals surface area contributed by atoms with Crippen LogP contribution in [0.5, 0.6) is 0 Å². The smallest absolute Gasteiger partial charge is 0.333 e. The van der Waals surface area contributed by atoms with Gasteiger partial charge in [-0.1, -0.05) is 66.7 Å². The number of halogens is 1. The molecule has 0 amide bonds. The van der Waals surface area contributed by atoms with Gasteiger partial charge < -0.3 is 9.72 Å². The summed E-state index contributed by atoms with van der Waals surface area (Å²) in [5.74, 6) is 1.33. The zero-order valence-corrected chi connectivity index (χ0v) is 19.9. The summed E-state index contributed by atoms with van der Waals surface area (Å²) < 4.78 is 4.83. The van der Waals surface area contributed by atoms with Crippen molar-refractivity contribution in [2.75, 3.05) is 7.11 Å². The Labute approximate surface area is 204 Å². The molecule has 0 bridgehead atoms. The maximum Gasteiger partial charge on any atom is 0.333 e. The monoisotopic (exact) mass is 470 g/mol. The zero-order valence-electron chi connectivity index (χ0n) is 19.2. The SMILES string of the molecule is C=C(C(=O)OC)C1CCC(c2ccc(-c3ccc(-c4nc5ccc(Cl)cc5[nH]4)cc3)cc2)CC1. The number of H-pyrrole nitrogens is 1. The standard InChI is InChI=1S/C29H27ClN2O2/c1-18(29(33)34-2)19-3-5-20(6-4-19)21-7-9-22(10-8-21)23-11-13-24(14-12-23)28-31-26-16-15-25(30)17-27(26)32-28/h7-17,19-20H,1,3-6H2,2H3,(H,31,32). The number of hydrogen-bond donors (Lipinski definition) is 1. The van der Waals surface area contributed by atoms with E-state index in [0.29, 0.717) is 16.5 Å². The molecule has 0 radical (unpaired) electrons. The van der Waals surface area contributed by atoms with Crippen LogP contribution in [0.4, 0.5) is 0 Å². The molecule has 5 heteroatoms. The Hall–Kier alpha value is -3.37. The van der Waals surface area contributed by atoms with Crippen LogP contribution in [-0.2, 0) is 9.53 Å². The highest BCUT2D eigenvalue weighted by Crippen LogP contribution is 2.39. The molecule has 0 aliphatic heterocycles. The van der Waals surface area contributed by atoms with Crippen LogP contribution in [0, 0.1) is 5.92 Å². The molecule has 1 heterocycles. The summed E-state index contributed by atoms with van der Waals surface area (Å²) >= 11 is 6.09. The van der Waals surface area contributed by atoms with E-state index in [1.165, 1.54) is 23.8 Å². The molecule has 1 N–H and O–H groups in total. The first-order valence-electron chi connectivity index (χ1n) is 11.6. The molecule has 0 saturated heterocycles. The van der Waals surface area contributed by atoms with Crippen molar-refractivity contribution in [3.8, 4) is 22.5 Å². The fourth-order valence-electron chi connectivity index (χ4n) is 4.96. The molecule has 1 saturated carbocycles. The van der Waals surface area contributed by atoms with Crippen LogP contribution in [0.3, 0.4) is 0 Å². The maximum absolute atomic E-state index is 11.8. The van der Waals surface area contributed by atoms with Gasteiger partial charge in [-0.2, -0.15) is 0 Å². The molecule has 0 unspecified atom stereocenters. The van der Waals surface area contributed by atoms with Crippen LogP contribution in [0.15, 0.2) is 78.9 Å². The Morgan fingerprint density at radius 2 is 1.56 bits per heavy atom. The van der Waals surface area contributed by atoms with E-state index in [4.69, 9.17) is 16.3 Å². The lowest BCUT2D eigenvalue weighted by molar-refractivity contribution is -0.136. The van der Waals surface area contributed by atoms with E-state index in [0.717, 1.165) is 48.1 Å². The predicted octanol–water partition coefficient (Wildman–Crippen LogP) is 7.55. The number of ether oxygens (including phenoxy) is 1. The summed E-state index contributed by atoms with van der Waals surface area (Å²) in [5, 5.41) is 0.696. The summed E-state index contributed by atoms with van der Waals surface area (Å²) in [6.45, 7) is 3.95. The number of rotatable bonds is 5. The predicted molar refractivity (Wildman–Crippen MR) is 138 cm³/mol. The number of imidazole rings is 1. The van der Waals surface area contributed by atoms with Crippen molar-refractivity contribution >= 4 is 28.6 Å². The minimum atomic E-state index is -0.274. The van der Waals surface area contributed by atoms with Crippen LogP contribution in [0.2, 0.25) is 5.02 Å². The number of aromatic nitrogens is 2. The van der Waals surface area contributed by atoms with Gasteiger partial charge in [0, 0.05) is 16.2 Å². The van der Waals surface area contributed by atoms with Gasteiger partial charge in [0.2, 0.25) is 0 Å². The van der Waals surface area contributed by atoms with Gasteiger partial charge in [-0.05, 0) is 72.4 Å². The second kappa shape index (κ2) is 9.47. The highest BCUT2D eigenvalue weighted by molar-refractivity contribution is 6.31. The van der Waals surface area contributed by atoms with Crippen molar-refractivity contribution in [2.45, 2.75) is 31.6 Å². The average Bonchev–Trinajstić information content (AvgIpc) is 3.31. The lowest BCUT2D eigenvalue weighted by Gasteiger charge is -2.29. The molecule has 1 aliphatic rings. The van der Waals surface area contributed by atoms with E-state index >= 15 is 0 Å². The highest BCUT2D eigenvalue weighted by atomic mass is 35.5. The van der Waals surface area contributed by atoms with Crippen molar-refractivity contribution in [1.82, 2.24) is 9.97 Å². The van der Waals surface area contributed by atoms with Crippen molar-refractivity contribution in [2.24, 2.45) is 5.92 Å². The van der Waals surface area contributed by atoms with Gasteiger partial charge in [0.1, 0.15) is 5.82 Å².